The highest BCUT2D eigenvalue weighted by Gasteiger charge is 2.35. The summed E-state index contributed by atoms with van der Waals surface area (Å²) in [6.45, 7) is 3.19. The van der Waals surface area contributed by atoms with Gasteiger partial charge in [0.25, 0.3) is 0 Å². The zero-order valence-electron chi connectivity index (χ0n) is 11.0. The molecule has 2 unspecified atom stereocenters. The lowest BCUT2D eigenvalue weighted by Crippen LogP contribution is -2.40. The number of anilines is 1. The number of nitrogens with one attached hydrogen (secondary N) is 2. The van der Waals surface area contributed by atoms with Crippen molar-refractivity contribution < 1.29 is 0 Å². The van der Waals surface area contributed by atoms with E-state index in [0.717, 1.165) is 47.2 Å². The van der Waals surface area contributed by atoms with E-state index in [1.54, 1.807) is 11.3 Å². The number of halogens is 1. The summed E-state index contributed by atoms with van der Waals surface area (Å²) in [5.74, 6) is 2.29. The SMILES string of the molecule is Clc1ccsc1-c1nc(N2CC3CCCNC3C2)n[nH]1. The van der Waals surface area contributed by atoms with Crippen LogP contribution in [0.25, 0.3) is 10.7 Å². The van der Waals surface area contributed by atoms with Crippen LogP contribution in [0.3, 0.4) is 0 Å². The lowest BCUT2D eigenvalue weighted by Gasteiger charge is -2.24. The van der Waals surface area contributed by atoms with E-state index in [0.29, 0.717) is 6.04 Å². The van der Waals surface area contributed by atoms with Crippen LogP contribution in [0, 0.1) is 5.92 Å². The Balaban J connectivity index is 1.55. The van der Waals surface area contributed by atoms with Crippen LogP contribution in [0.4, 0.5) is 5.95 Å². The molecule has 2 aliphatic rings. The Morgan fingerprint density at radius 1 is 1.40 bits per heavy atom. The minimum atomic E-state index is 0.594. The summed E-state index contributed by atoms with van der Waals surface area (Å²) in [4.78, 5) is 7.84. The van der Waals surface area contributed by atoms with Crippen molar-refractivity contribution in [2.75, 3.05) is 24.5 Å². The molecule has 20 heavy (non-hydrogen) atoms. The Hall–Kier alpha value is -1.11. The first-order valence-corrected chi connectivity index (χ1v) is 8.21. The van der Waals surface area contributed by atoms with Crippen LogP contribution in [-0.4, -0.2) is 40.9 Å². The molecule has 2 aromatic heterocycles. The van der Waals surface area contributed by atoms with Crippen molar-refractivity contribution in [3.05, 3.63) is 16.5 Å². The zero-order valence-corrected chi connectivity index (χ0v) is 12.5. The molecule has 2 fully saturated rings. The molecule has 2 aliphatic heterocycles. The molecule has 0 bridgehead atoms. The summed E-state index contributed by atoms with van der Waals surface area (Å²) in [5.41, 5.74) is 0. The van der Waals surface area contributed by atoms with Crippen LogP contribution in [-0.2, 0) is 0 Å². The second-order valence-electron chi connectivity index (χ2n) is 5.45. The molecule has 106 valence electrons. The average molecular weight is 310 g/mol. The minimum absolute atomic E-state index is 0.594. The highest BCUT2D eigenvalue weighted by Crippen LogP contribution is 2.33. The first kappa shape index (κ1) is 12.6. The summed E-state index contributed by atoms with van der Waals surface area (Å²) in [7, 11) is 0. The maximum Gasteiger partial charge on any atom is 0.245 e. The molecule has 0 radical (unpaired) electrons. The molecule has 2 N–H and O–H groups in total. The molecule has 0 aliphatic carbocycles. The van der Waals surface area contributed by atoms with Gasteiger partial charge in [0.05, 0.1) is 9.90 Å². The number of nitrogens with zero attached hydrogens (tertiary/aromatic N) is 3. The monoisotopic (exact) mass is 309 g/mol. The van der Waals surface area contributed by atoms with E-state index in [-0.39, 0.29) is 0 Å². The molecule has 2 aromatic rings. The van der Waals surface area contributed by atoms with Gasteiger partial charge >= 0.3 is 0 Å². The van der Waals surface area contributed by atoms with Crippen LogP contribution in [0.15, 0.2) is 11.4 Å². The number of hydrogen-bond donors (Lipinski definition) is 2. The quantitative estimate of drug-likeness (QED) is 0.894. The highest BCUT2D eigenvalue weighted by molar-refractivity contribution is 7.14. The summed E-state index contributed by atoms with van der Waals surface area (Å²) >= 11 is 7.72. The fourth-order valence-corrected chi connectivity index (χ4v) is 4.25. The van der Waals surface area contributed by atoms with Gasteiger partial charge in [0.2, 0.25) is 5.95 Å². The Morgan fingerprint density at radius 3 is 3.15 bits per heavy atom. The average Bonchev–Trinajstić information content (AvgIpc) is 3.15. The van der Waals surface area contributed by atoms with E-state index in [1.807, 2.05) is 11.4 Å². The Kier molecular flexibility index (Phi) is 3.17. The summed E-state index contributed by atoms with van der Waals surface area (Å²) < 4.78 is 0. The van der Waals surface area contributed by atoms with Gasteiger partial charge < -0.3 is 10.2 Å². The number of H-pyrrole nitrogens is 1. The van der Waals surface area contributed by atoms with Crippen LogP contribution in [0.2, 0.25) is 5.02 Å². The third-order valence-electron chi connectivity index (χ3n) is 4.19. The predicted octanol–water partition coefficient (Wildman–Crippen LogP) is 2.37. The van der Waals surface area contributed by atoms with Gasteiger partial charge in [0.15, 0.2) is 5.82 Å². The van der Waals surface area contributed by atoms with Crippen molar-refractivity contribution in [2.24, 2.45) is 5.92 Å². The van der Waals surface area contributed by atoms with Gasteiger partial charge in [-0.25, -0.2) is 0 Å². The molecule has 5 nitrogen and oxygen atoms in total. The van der Waals surface area contributed by atoms with E-state index in [4.69, 9.17) is 11.6 Å². The van der Waals surface area contributed by atoms with E-state index >= 15 is 0 Å². The molecule has 0 spiro atoms. The first-order chi connectivity index (χ1) is 9.81. The summed E-state index contributed by atoms with van der Waals surface area (Å²) in [5, 5.41) is 13.7. The van der Waals surface area contributed by atoms with Gasteiger partial charge in [-0.1, -0.05) is 11.6 Å². The van der Waals surface area contributed by atoms with Gasteiger partial charge in [-0.2, -0.15) is 4.98 Å². The van der Waals surface area contributed by atoms with Gasteiger partial charge in [0, 0.05) is 19.1 Å². The molecule has 4 heterocycles. The van der Waals surface area contributed by atoms with Gasteiger partial charge in [-0.05, 0) is 36.8 Å². The van der Waals surface area contributed by atoms with Gasteiger partial charge in [-0.3, -0.25) is 5.10 Å². The third kappa shape index (κ3) is 2.12. The van der Waals surface area contributed by atoms with Crippen molar-refractivity contribution in [1.29, 1.82) is 0 Å². The van der Waals surface area contributed by atoms with Gasteiger partial charge in [-0.15, -0.1) is 16.4 Å². The van der Waals surface area contributed by atoms with E-state index in [9.17, 15) is 0 Å². The maximum absolute atomic E-state index is 6.14. The number of aromatic nitrogens is 3. The fourth-order valence-electron chi connectivity index (χ4n) is 3.17. The molecule has 0 saturated carbocycles. The fraction of sp³-hybridized carbons (Fsp3) is 0.538. The smallest absolute Gasteiger partial charge is 0.245 e. The topological polar surface area (TPSA) is 56.8 Å². The molecule has 4 rings (SSSR count). The van der Waals surface area contributed by atoms with Crippen LogP contribution >= 0.6 is 22.9 Å². The molecule has 0 aromatic carbocycles. The van der Waals surface area contributed by atoms with E-state index in [1.165, 1.54) is 12.8 Å². The second-order valence-corrected chi connectivity index (χ2v) is 6.77. The third-order valence-corrected chi connectivity index (χ3v) is 5.54. The van der Waals surface area contributed by atoms with Crippen LogP contribution < -0.4 is 10.2 Å². The van der Waals surface area contributed by atoms with Crippen molar-refractivity contribution in [3.63, 3.8) is 0 Å². The van der Waals surface area contributed by atoms with Crippen molar-refractivity contribution in [1.82, 2.24) is 20.5 Å². The predicted molar refractivity (Wildman–Crippen MR) is 81.4 cm³/mol. The Bertz CT molecular complexity index is 595. The minimum Gasteiger partial charge on any atom is -0.338 e. The highest BCUT2D eigenvalue weighted by atomic mass is 35.5. The van der Waals surface area contributed by atoms with Crippen molar-refractivity contribution in [3.8, 4) is 10.7 Å². The van der Waals surface area contributed by atoms with Crippen LogP contribution in [0.1, 0.15) is 12.8 Å². The van der Waals surface area contributed by atoms with Crippen molar-refractivity contribution in [2.45, 2.75) is 18.9 Å². The van der Waals surface area contributed by atoms with Crippen LogP contribution in [0.5, 0.6) is 0 Å². The molecule has 2 saturated heterocycles. The zero-order chi connectivity index (χ0) is 13.5. The number of piperidine rings is 1. The lowest BCUT2D eigenvalue weighted by atomic mass is 9.94. The maximum atomic E-state index is 6.14. The normalized spacial score (nSPS) is 25.9. The van der Waals surface area contributed by atoms with Gasteiger partial charge in [0.1, 0.15) is 0 Å². The number of rotatable bonds is 2. The number of aromatic amines is 1. The van der Waals surface area contributed by atoms with E-state index < -0.39 is 0 Å². The van der Waals surface area contributed by atoms with Crippen molar-refractivity contribution >= 4 is 28.9 Å². The number of fused-ring (bicyclic) bond motifs is 1. The number of hydrogen-bond acceptors (Lipinski definition) is 5. The number of thiophene rings is 1. The molecule has 0 amide bonds. The second kappa shape index (κ2) is 5.02. The first-order valence-electron chi connectivity index (χ1n) is 6.95. The lowest BCUT2D eigenvalue weighted by molar-refractivity contribution is 0.340. The molecule has 2 atom stereocenters. The molecular formula is C13H16ClN5S. The van der Waals surface area contributed by atoms with E-state index in [2.05, 4.69) is 25.4 Å². The molecular weight excluding hydrogens is 294 g/mol. The largest absolute Gasteiger partial charge is 0.338 e. The Labute approximate surface area is 126 Å². The Morgan fingerprint density at radius 2 is 2.35 bits per heavy atom. The summed E-state index contributed by atoms with van der Waals surface area (Å²) in [6.07, 6.45) is 2.58. The molecule has 7 heteroatoms. The summed E-state index contributed by atoms with van der Waals surface area (Å²) in [6, 6.07) is 2.48. The standard InChI is InChI=1S/C13H16ClN5S/c14-9-3-5-20-11(9)12-16-13(18-17-12)19-6-8-2-1-4-15-10(8)7-19/h3,5,8,10,15H,1-2,4,6-7H2,(H,16,17,18).